The van der Waals surface area contributed by atoms with Crippen LogP contribution in [0.25, 0.3) is 0 Å². The summed E-state index contributed by atoms with van der Waals surface area (Å²) in [5, 5.41) is 8.68. The van der Waals surface area contributed by atoms with E-state index in [2.05, 4.69) is 4.90 Å². The van der Waals surface area contributed by atoms with Crippen LogP contribution in [-0.2, 0) is 9.84 Å². The summed E-state index contributed by atoms with van der Waals surface area (Å²) >= 11 is 0. The maximum Gasteiger partial charge on any atom is 0.148 e. The topological polar surface area (TPSA) is 57.6 Å². The van der Waals surface area contributed by atoms with Crippen LogP contribution in [0, 0.1) is 0 Å². The van der Waals surface area contributed by atoms with Crippen LogP contribution in [0.2, 0.25) is 0 Å². The molecule has 0 spiro atoms. The molecule has 15 heavy (non-hydrogen) atoms. The van der Waals surface area contributed by atoms with Crippen LogP contribution in [0.5, 0.6) is 0 Å². The summed E-state index contributed by atoms with van der Waals surface area (Å²) in [7, 11) is -2.85. The molecule has 1 N–H and O–H groups in total. The minimum absolute atomic E-state index is 0.227. The number of hydrogen-bond donors (Lipinski definition) is 1. The third-order valence-electron chi connectivity index (χ3n) is 2.67. The smallest absolute Gasteiger partial charge is 0.148 e. The van der Waals surface area contributed by atoms with Gasteiger partial charge in [-0.3, -0.25) is 4.90 Å². The predicted octanol–water partition coefficient (Wildman–Crippen LogP) is 0.268. The first kappa shape index (κ1) is 12.9. The van der Waals surface area contributed by atoms with Crippen LogP contribution >= 0.6 is 0 Å². The molecule has 0 radical (unpaired) electrons. The molecular formula is C10H21NO3S. The fourth-order valence-corrected chi connectivity index (χ4v) is 2.19. The first-order chi connectivity index (χ1) is 7.03. The molecule has 0 heterocycles. The van der Waals surface area contributed by atoms with Gasteiger partial charge in [-0.1, -0.05) is 0 Å². The lowest BCUT2D eigenvalue weighted by Gasteiger charge is -2.21. The van der Waals surface area contributed by atoms with Crippen LogP contribution in [-0.4, -0.2) is 56.2 Å². The van der Waals surface area contributed by atoms with Crippen molar-refractivity contribution < 1.29 is 13.5 Å². The Kier molecular flexibility index (Phi) is 5.02. The molecular weight excluding hydrogens is 214 g/mol. The SMILES string of the molecule is CS(=O)(=O)CCN(CCCCO)C1CC1. The zero-order chi connectivity index (χ0) is 11.3. The predicted molar refractivity (Wildman–Crippen MR) is 60.6 cm³/mol. The van der Waals surface area contributed by atoms with Gasteiger partial charge in [0, 0.05) is 25.4 Å². The fraction of sp³-hybridized carbons (Fsp3) is 1.00. The van der Waals surface area contributed by atoms with Crippen LogP contribution in [0.3, 0.4) is 0 Å². The second kappa shape index (κ2) is 5.82. The Balaban J connectivity index is 2.24. The van der Waals surface area contributed by atoms with Gasteiger partial charge in [-0.15, -0.1) is 0 Å². The number of rotatable bonds is 8. The summed E-state index contributed by atoms with van der Waals surface area (Å²) in [5.74, 6) is 0.253. The van der Waals surface area contributed by atoms with Crippen molar-refractivity contribution in [1.82, 2.24) is 4.90 Å². The van der Waals surface area contributed by atoms with Gasteiger partial charge in [-0.2, -0.15) is 0 Å². The lowest BCUT2D eigenvalue weighted by atomic mass is 10.3. The highest BCUT2D eigenvalue weighted by Crippen LogP contribution is 2.26. The molecule has 0 aromatic rings. The largest absolute Gasteiger partial charge is 0.396 e. The molecule has 0 unspecified atom stereocenters. The molecule has 90 valence electrons. The van der Waals surface area contributed by atoms with E-state index in [0.29, 0.717) is 12.6 Å². The zero-order valence-electron chi connectivity index (χ0n) is 9.35. The second-order valence-electron chi connectivity index (χ2n) is 4.33. The molecule has 0 aromatic carbocycles. The van der Waals surface area contributed by atoms with Crippen molar-refractivity contribution in [2.75, 3.05) is 31.7 Å². The normalized spacial score (nSPS) is 17.3. The summed E-state index contributed by atoms with van der Waals surface area (Å²) in [6.45, 7) is 1.79. The third-order valence-corrected chi connectivity index (χ3v) is 3.59. The number of sulfone groups is 1. The Morgan fingerprint density at radius 1 is 1.27 bits per heavy atom. The first-order valence-electron chi connectivity index (χ1n) is 5.55. The molecule has 4 nitrogen and oxygen atoms in total. The Hall–Kier alpha value is -0.130. The number of aliphatic hydroxyl groups excluding tert-OH is 1. The summed E-state index contributed by atoms with van der Waals surface area (Å²) in [6.07, 6.45) is 5.44. The van der Waals surface area contributed by atoms with E-state index >= 15 is 0 Å². The molecule has 0 saturated heterocycles. The average molecular weight is 235 g/mol. The van der Waals surface area contributed by atoms with E-state index in [0.717, 1.165) is 19.4 Å². The van der Waals surface area contributed by atoms with Gasteiger partial charge in [0.25, 0.3) is 0 Å². The van der Waals surface area contributed by atoms with Crippen LogP contribution in [0.4, 0.5) is 0 Å². The van der Waals surface area contributed by atoms with Crippen molar-refractivity contribution in [3.05, 3.63) is 0 Å². The highest BCUT2D eigenvalue weighted by atomic mass is 32.2. The van der Waals surface area contributed by atoms with Gasteiger partial charge in [-0.05, 0) is 32.2 Å². The van der Waals surface area contributed by atoms with Crippen molar-refractivity contribution >= 4 is 9.84 Å². The Morgan fingerprint density at radius 3 is 2.40 bits per heavy atom. The second-order valence-corrected chi connectivity index (χ2v) is 6.59. The van der Waals surface area contributed by atoms with E-state index in [4.69, 9.17) is 5.11 Å². The van der Waals surface area contributed by atoms with Crippen LogP contribution in [0.1, 0.15) is 25.7 Å². The number of hydrogen-bond acceptors (Lipinski definition) is 4. The molecule has 1 aliphatic carbocycles. The molecule has 0 atom stereocenters. The molecule has 1 aliphatic rings. The number of nitrogens with zero attached hydrogens (tertiary/aromatic N) is 1. The van der Waals surface area contributed by atoms with Gasteiger partial charge < -0.3 is 5.11 Å². The standard InChI is InChI=1S/C10H21NO3S/c1-15(13,14)9-7-11(10-4-5-10)6-2-3-8-12/h10,12H,2-9H2,1H3. The van der Waals surface area contributed by atoms with Gasteiger partial charge in [0.05, 0.1) is 5.75 Å². The summed E-state index contributed by atoms with van der Waals surface area (Å²) < 4.78 is 22.1. The molecule has 0 bridgehead atoms. The average Bonchev–Trinajstić information content (AvgIpc) is 2.92. The van der Waals surface area contributed by atoms with E-state index in [1.807, 2.05) is 0 Å². The third kappa shape index (κ3) is 6.12. The highest BCUT2D eigenvalue weighted by Gasteiger charge is 2.28. The van der Waals surface area contributed by atoms with E-state index in [9.17, 15) is 8.42 Å². The quantitative estimate of drug-likeness (QED) is 0.613. The molecule has 1 fully saturated rings. The maximum absolute atomic E-state index is 11.0. The van der Waals surface area contributed by atoms with Crippen molar-refractivity contribution in [2.45, 2.75) is 31.7 Å². The van der Waals surface area contributed by atoms with Crippen molar-refractivity contribution in [3.63, 3.8) is 0 Å². The lowest BCUT2D eigenvalue weighted by molar-refractivity contribution is 0.243. The minimum Gasteiger partial charge on any atom is -0.396 e. The Morgan fingerprint density at radius 2 is 1.93 bits per heavy atom. The van der Waals surface area contributed by atoms with E-state index in [1.54, 1.807) is 0 Å². The molecule has 5 heteroatoms. The lowest BCUT2D eigenvalue weighted by Crippen LogP contribution is -2.32. The van der Waals surface area contributed by atoms with E-state index in [-0.39, 0.29) is 12.4 Å². The number of unbranched alkanes of at least 4 members (excludes halogenated alkanes) is 1. The highest BCUT2D eigenvalue weighted by molar-refractivity contribution is 7.90. The molecule has 1 rings (SSSR count). The Bertz CT molecular complexity index is 272. The van der Waals surface area contributed by atoms with Gasteiger partial charge in [0.15, 0.2) is 0 Å². The van der Waals surface area contributed by atoms with Crippen LogP contribution < -0.4 is 0 Å². The molecule has 0 aromatic heterocycles. The first-order valence-corrected chi connectivity index (χ1v) is 7.61. The van der Waals surface area contributed by atoms with Gasteiger partial charge >= 0.3 is 0 Å². The van der Waals surface area contributed by atoms with Crippen molar-refractivity contribution in [3.8, 4) is 0 Å². The Labute approximate surface area is 92.2 Å². The van der Waals surface area contributed by atoms with Crippen LogP contribution in [0.15, 0.2) is 0 Å². The van der Waals surface area contributed by atoms with E-state index in [1.165, 1.54) is 19.1 Å². The minimum atomic E-state index is -2.85. The van der Waals surface area contributed by atoms with Gasteiger partial charge in [-0.25, -0.2) is 8.42 Å². The zero-order valence-corrected chi connectivity index (χ0v) is 10.2. The summed E-state index contributed by atoms with van der Waals surface area (Å²) in [6, 6.07) is 0.602. The summed E-state index contributed by atoms with van der Waals surface area (Å²) in [5.41, 5.74) is 0. The van der Waals surface area contributed by atoms with Crippen molar-refractivity contribution in [1.29, 1.82) is 0 Å². The molecule has 1 saturated carbocycles. The van der Waals surface area contributed by atoms with Gasteiger partial charge in [0.2, 0.25) is 0 Å². The number of aliphatic hydroxyl groups is 1. The maximum atomic E-state index is 11.0. The fourth-order valence-electron chi connectivity index (χ4n) is 1.63. The molecule has 0 amide bonds. The van der Waals surface area contributed by atoms with Gasteiger partial charge in [0.1, 0.15) is 9.84 Å². The summed E-state index contributed by atoms with van der Waals surface area (Å²) in [4.78, 5) is 2.25. The molecule has 0 aliphatic heterocycles. The monoisotopic (exact) mass is 235 g/mol. The van der Waals surface area contributed by atoms with E-state index < -0.39 is 9.84 Å². The van der Waals surface area contributed by atoms with Crippen molar-refractivity contribution in [2.24, 2.45) is 0 Å².